The fourth-order valence-electron chi connectivity index (χ4n) is 3.54. The number of nitrogens with zero attached hydrogens (tertiary/aromatic N) is 4. The van der Waals surface area contributed by atoms with Crippen LogP contribution in [0.5, 0.6) is 0 Å². The number of esters is 1. The summed E-state index contributed by atoms with van der Waals surface area (Å²) in [4.78, 5) is 36.0. The molecule has 1 amide bonds. The summed E-state index contributed by atoms with van der Waals surface area (Å²) in [7, 11) is 0. The van der Waals surface area contributed by atoms with E-state index >= 15 is 0 Å². The van der Waals surface area contributed by atoms with E-state index in [-0.39, 0.29) is 18.4 Å². The van der Waals surface area contributed by atoms with Gasteiger partial charge in [0.1, 0.15) is 5.69 Å². The van der Waals surface area contributed by atoms with Gasteiger partial charge in [0, 0.05) is 19.6 Å². The third kappa shape index (κ3) is 4.57. The van der Waals surface area contributed by atoms with Gasteiger partial charge in [0.05, 0.1) is 29.6 Å². The Kier molecular flexibility index (Phi) is 6.96. The monoisotopic (exact) mass is 407 g/mol. The van der Waals surface area contributed by atoms with Crippen LogP contribution in [0.3, 0.4) is 0 Å². The van der Waals surface area contributed by atoms with E-state index in [2.05, 4.69) is 22.9 Å². The molecule has 1 atom stereocenters. The first kappa shape index (κ1) is 21.2. The third-order valence-corrected chi connectivity index (χ3v) is 5.08. The number of hydrogen-bond acceptors (Lipinski definition) is 7. The molecule has 1 aliphatic heterocycles. The van der Waals surface area contributed by atoms with Gasteiger partial charge >= 0.3 is 5.97 Å². The summed E-state index contributed by atoms with van der Waals surface area (Å²) in [6, 6.07) is 9.42. The molecule has 3 rings (SSSR count). The second kappa shape index (κ2) is 9.83. The zero-order chi connectivity index (χ0) is 21.5. The van der Waals surface area contributed by atoms with Gasteiger partial charge in [-0.25, -0.2) is 9.97 Å². The normalized spacial score (nSPS) is 15.3. The number of piperidine rings is 1. The van der Waals surface area contributed by atoms with Crippen molar-refractivity contribution in [2.45, 2.75) is 25.7 Å². The molecule has 1 unspecified atom stereocenters. The highest BCUT2D eigenvalue weighted by Crippen LogP contribution is 2.30. The molecule has 1 aliphatic rings. The highest BCUT2D eigenvalue weighted by atomic mass is 16.5. The number of rotatable bonds is 7. The fraction of sp³-hybridized carbons (Fsp3) is 0.409. The molecule has 0 saturated carbocycles. The van der Waals surface area contributed by atoms with Crippen molar-refractivity contribution < 1.29 is 14.3 Å². The van der Waals surface area contributed by atoms with E-state index in [0.717, 1.165) is 0 Å². The molecule has 8 nitrogen and oxygen atoms in total. The number of carbonyl (C=O) groups is 2. The van der Waals surface area contributed by atoms with Crippen molar-refractivity contribution in [2.75, 3.05) is 31.1 Å². The van der Waals surface area contributed by atoms with Gasteiger partial charge in [0.2, 0.25) is 5.91 Å². The first-order valence-electron chi connectivity index (χ1n) is 10.1. The van der Waals surface area contributed by atoms with Crippen LogP contribution in [0, 0.1) is 17.2 Å². The maximum Gasteiger partial charge on any atom is 0.309 e. The molecule has 30 heavy (non-hydrogen) atoms. The van der Waals surface area contributed by atoms with Crippen molar-refractivity contribution in [3.63, 3.8) is 0 Å². The summed E-state index contributed by atoms with van der Waals surface area (Å²) >= 11 is 0. The number of nitrogens with one attached hydrogen (secondary N) is 1. The minimum atomic E-state index is -1.10. The molecule has 0 radical (unpaired) electrons. The van der Waals surface area contributed by atoms with Gasteiger partial charge < -0.3 is 15.0 Å². The zero-order valence-corrected chi connectivity index (χ0v) is 17.0. The average molecular weight is 407 g/mol. The number of fused-ring (bicyclic) bond motifs is 1. The molecule has 2 heterocycles. The Balaban J connectivity index is 1.94. The number of nitriles is 1. The van der Waals surface area contributed by atoms with Crippen molar-refractivity contribution >= 4 is 28.7 Å². The summed E-state index contributed by atoms with van der Waals surface area (Å²) in [6.45, 7) is 7.14. The van der Waals surface area contributed by atoms with Crippen molar-refractivity contribution in [1.82, 2.24) is 15.3 Å². The molecule has 0 bridgehead atoms. The van der Waals surface area contributed by atoms with Crippen molar-refractivity contribution in [1.29, 1.82) is 5.26 Å². The molecule has 2 aromatic rings. The predicted octanol–water partition coefficient (Wildman–Crippen LogP) is 2.32. The highest BCUT2D eigenvalue weighted by Gasteiger charge is 2.32. The Morgan fingerprint density at radius 2 is 2.00 bits per heavy atom. The number of para-hydroxylation sites is 2. The highest BCUT2D eigenvalue weighted by molar-refractivity contribution is 5.89. The van der Waals surface area contributed by atoms with Crippen LogP contribution in [0.4, 0.5) is 5.82 Å². The van der Waals surface area contributed by atoms with Crippen LogP contribution >= 0.6 is 0 Å². The van der Waals surface area contributed by atoms with Crippen molar-refractivity contribution in [3.05, 3.63) is 42.6 Å². The fourth-order valence-corrected chi connectivity index (χ4v) is 3.54. The summed E-state index contributed by atoms with van der Waals surface area (Å²) in [6.07, 6.45) is 2.79. The number of aromatic nitrogens is 2. The lowest BCUT2D eigenvalue weighted by molar-refractivity contribution is -0.148. The second-order valence-electron chi connectivity index (χ2n) is 7.03. The lowest BCUT2D eigenvalue weighted by atomic mass is 9.96. The van der Waals surface area contributed by atoms with Crippen LogP contribution in [0.1, 0.15) is 31.4 Å². The minimum absolute atomic E-state index is 0.152. The minimum Gasteiger partial charge on any atom is -0.466 e. The summed E-state index contributed by atoms with van der Waals surface area (Å²) in [5.74, 6) is -1.36. The van der Waals surface area contributed by atoms with E-state index in [1.807, 2.05) is 23.1 Å². The zero-order valence-electron chi connectivity index (χ0n) is 17.0. The summed E-state index contributed by atoms with van der Waals surface area (Å²) < 4.78 is 5.14. The Bertz CT molecular complexity index is 976. The largest absolute Gasteiger partial charge is 0.466 e. The van der Waals surface area contributed by atoms with Gasteiger partial charge in [-0.2, -0.15) is 5.26 Å². The van der Waals surface area contributed by atoms with E-state index in [1.54, 1.807) is 19.1 Å². The number of anilines is 1. The molecule has 1 N–H and O–H groups in total. The Hall–Kier alpha value is -3.47. The van der Waals surface area contributed by atoms with Gasteiger partial charge in [-0.3, -0.25) is 9.59 Å². The number of benzene rings is 1. The number of carbonyl (C=O) groups excluding carboxylic acids is 2. The van der Waals surface area contributed by atoms with E-state index < -0.39 is 11.8 Å². The third-order valence-electron chi connectivity index (χ3n) is 5.08. The van der Waals surface area contributed by atoms with E-state index in [9.17, 15) is 14.9 Å². The Labute approximate surface area is 175 Å². The predicted molar refractivity (Wildman–Crippen MR) is 113 cm³/mol. The standard InChI is InChI=1S/C22H25N5O3/c1-3-11-24-21(28)16(14-23)19-20(26-18-8-6-5-7-17(18)25-19)27-12-9-15(10-13-27)22(29)30-4-2/h3,5-8,15-16H,1,4,9-13H2,2H3,(H,24,28). The smallest absolute Gasteiger partial charge is 0.309 e. The molecule has 8 heteroatoms. The molecule has 1 aromatic carbocycles. The summed E-state index contributed by atoms with van der Waals surface area (Å²) in [5.41, 5.74) is 1.63. The molecule has 0 aliphatic carbocycles. The first-order valence-corrected chi connectivity index (χ1v) is 10.1. The first-order chi connectivity index (χ1) is 14.6. The lowest BCUT2D eigenvalue weighted by Crippen LogP contribution is -2.39. The van der Waals surface area contributed by atoms with E-state index in [0.29, 0.717) is 55.1 Å². The molecular weight excluding hydrogens is 382 g/mol. The van der Waals surface area contributed by atoms with Gasteiger partial charge in [-0.1, -0.05) is 18.2 Å². The van der Waals surface area contributed by atoms with E-state index in [4.69, 9.17) is 9.72 Å². The maximum absolute atomic E-state index is 12.6. The molecular formula is C22H25N5O3. The van der Waals surface area contributed by atoms with Gasteiger partial charge in [0.15, 0.2) is 11.7 Å². The second-order valence-corrected chi connectivity index (χ2v) is 7.03. The average Bonchev–Trinajstić information content (AvgIpc) is 2.78. The SMILES string of the molecule is C=CCNC(=O)C(C#N)c1nc2ccccc2nc1N1CCC(C(=O)OCC)CC1. The van der Waals surface area contributed by atoms with Crippen molar-refractivity contribution in [2.24, 2.45) is 5.92 Å². The van der Waals surface area contributed by atoms with Gasteiger partial charge in [0.25, 0.3) is 0 Å². The van der Waals surface area contributed by atoms with E-state index in [1.165, 1.54) is 0 Å². The number of hydrogen-bond donors (Lipinski definition) is 1. The van der Waals surface area contributed by atoms with Crippen LogP contribution in [-0.4, -0.2) is 48.1 Å². The van der Waals surface area contributed by atoms with Crippen LogP contribution < -0.4 is 10.2 Å². The van der Waals surface area contributed by atoms with Gasteiger partial charge in [-0.05, 0) is 31.9 Å². The maximum atomic E-state index is 12.6. The number of ether oxygens (including phenoxy) is 1. The Morgan fingerprint density at radius 1 is 1.33 bits per heavy atom. The molecule has 1 aromatic heterocycles. The lowest BCUT2D eigenvalue weighted by Gasteiger charge is -2.33. The molecule has 0 spiro atoms. The quantitative estimate of drug-likeness (QED) is 0.554. The molecule has 1 saturated heterocycles. The topological polar surface area (TPSA) is 108 Å². The van der Waals surface area contributed by atoms with Crippen LogP contribution in [-0.2, 0) is 14.3 Å². The summed E-state index contributed by atoms with van der Waals surface area (Å²) in [5, 5.41) is 12.4. The number of amides is 1. The Morgan fingerprint density at radius 3 is 2.60 bits per heavy atom. The van der Waals surface area contributed by atoms with Gasteiger partial charge in [-0.15, -0.1) is 6.58 Å². The van der Waals surface area contributed by atoms with Crippen molar-refractivity contribution in [3.8, 4) is 6.07 Å². The van der Waals surface area contributed by atoms with Crippen LogP contribution in [0.25, 0.3) is 11.0 Å². The molecule has 156 valence electrons. The molecule has 1 fully saturated rings. The van der Waals surface area contributed by atoms with Crippen LogP contribution in [0.2, 0.25) is 0 Å². The van der Waals surface area contributed by atoms with Crippen LogP contribution in [0.15, 0.2) is 36.9 Å².